The van der Waals surface area contributed by atoms with Crippen molar-refractivity contribution in [2.24, 2.45) is 0 Å². The number of carbonyl (C=O) groups is 1. The molecule has 0 radical (unpaired) electrons. The fraction of sp³-hybridized carbons (Fsp3) is 0.118. The Kier molecular flexibility index (Phi) is 2.41. The van der Waals surface area contributed by atoms with Crippen molar-refractivity contribution in [1.29, 1.82) is 0 Å². The number of rotatable bonds is 1. The molecule has 0 fully saturated rings. The summed E-state index contributed by atoms with van der Waals surface area (Å²) >= 11 is 0. The highest BCUT2D eigenvalue weighted by Gasteiger charge is 2.08. The van der Waals surface area contributed by atoms with Gasteiger partial charge in [-0.2, -0.15) is 0 Å². The summed E-state index contributed by atoms with van der Waals surface area (Å²) in [5, 5.41) is 4.97. The topological polar surface area (TPSA) is 17.1 Å². The standard InChI is InChI=1S/C17H14O/c1-11-14-5-3-4-6-15(14)12(2)17-9-13(10-18)7-8-16(11)17/h3-10H,1-2H3. The lowest BCUT2D eigenvalue weighted by molar-refractivity contribution is 0.112. The zero-order chi connectivity index (χ0) is 12.7. The molecule has 3 rings (SSSR count). The van der Waals surface area contributed by atoms with E-state index in [1.807, 2.05) is 18.2 Å². The molecule has 18 heavy (non-hydrogen) atoms. The van der Waals surface area contributed by atoms with Crippen LogP contribution in [0.3, 0.4) is 0 Å². The van der Waals surface area contributed by atoms with Crippen molar-refractivity contribution in [3.05, 3.63) is 59.2 Å². The van der Waals surface area contributed by atoms with Gasteiger partial charge in [0.25, 0.3) is 0 Å². The number of fused-ring (bicyclic) bond motifs is 2. The fourth-order valence-corrected chi connectivity index (χ4v) is 2.70. The van der Waals surface area contributed by atoms with Gasteiger partial charge in [0.1, 0.15) is 6.29 Å². The van der Waals surface area contributed by atoms with E-state index in [-0.39, 0.29) is 0 Å². The number of hydrogen-bond donors (Lipinski definition) is 0. The average Bonchev–Trinajstić information content (AvgIpc) is 2.44. The van der Waals surface area contributed by atoms with Crippen molar-refractivity contribution in [3.8, 4) is 0 Å². The molecule has 3 aromatic rings. The average molecular weight is 234 g/mol. The molecule has 3 aromatic carbocycles. The molecule has 1 nitrogen and oxygen atoms in total. The van der Waals surface area contributed by atoms with Gasteiger partial charge < -0.3 is 0 Å². The summed E-state index contributed by atoms with van der Waals surface area (Å²) < 4.78 is 0. The summed E-state index contributed by atoms with van der Waals surface area (Å²) in [6.07, 6.45) is 0.906. The van der Waals surface area contributed by atoms with Gasteiger partial charge in [-0.05, 0) is 52.6 Å². The van der Waals surface area contributed by atoms with E-state index in [9.17, 15) is 4.79 Å². The number of hydrogen-bond acceptors (Lipinski definition) is 1. The molecule has 1 heteroatoms. The molecule has 0 saturated heterocycles. The highest BCUT2D eigenvalue weighted by atomic mass is 16.1. The molecule has 88 valence electrons. The van der Waals surface area contributed by atoms with Gasteiger partial charge in [-0.3, -0.25) is 4.79 Å². The van der Waals surface area contributed by atoms with E-state index in [1.54, 1.807) is 0 Å². The summed E-state index contributed by atoms with van der Waals surface area (Å²) in [7, 11) is 0. The number of carbonyl (C=O) groups excluding carboxylic acids is 1. The largest absolute Gasteiger partial charge is 0.298 e. The second kappa shape index (κ2) is 3.95. The highest BCUT2D eigenvalue weighted by molar-refractivity contribution is 6.06. The van der Waals surface area contributed by atoms with Crippen LogP contribution in [0, 0.1) is 13.8 Å². The molecule has 0 aliphatic rings. The molecular formula is C17H14O. The van der Waals surface area contributed by atoms with Crippen LogP contribution in [0.15, 0.2) is 42.5 Å². The lowest BCUT2D eigenvalue weighted by atomic mass is 9.92. The second-order valence-electron chi connectivity index (χ2n) is 4.72. The van der Waals surface area contributed by atoms with E-state index in [0.29, 0.717) is 0 Å². The fourth-order valence-electron chi connectivity index (χ4n) is 2.70. The second-order valence-corrected chi connectivity index (χ2v) is 4.72. The van der Waals surface area contributed by atoms with E-state index in [2.05, 4.69) is 38.1 Å². The van der Waals surface area contributed by atoms with Crippen molar-refractivity contribution in [3.63, 3.8) is 0 Å². The third kappa shape index (κ3) is 1.44. The van der Waals surface area contributed by atoms with Crippen molar-refractivity contribution in [2.45, 2.75) is 13.8 Å². The lowest BCUT2D eigenvalue weighted by Gasteiger charge is -2.12. The number of aldehydes is 1. The summed E-state index contributed by atoms with van der Waals surface area (Å²) in [5.41, 5.74) is 3.26. The zero-order valence-corrected chi connectivity index (χ0v) is 10.5. The normalized spacial score (nSPS) is 11.0. The molecule has 0 unspecified atom stereocenters. The minimum atomic E-state index is 0.736. The minimum absolute atomic E-state index is 0.736. The summed E-state index contributed by atoms with van der Waals surface area (Å²) in [4.78, 5) is 10.9. The first kappa shape index (κ1) is 11.0. The zero-order valence-electron chi connectivity index (χ0n) is 10.5. The first-order chi connectivity index (χ1) is 8.72. The Morgan fingerprint density at radius 1 is 0.778 bits per heavy atom. The molecule has 0 saturated carbocycles. The third-order valence-electron chi connectivity index (χ3n) is 3.72. The molecule has 0 bridgehead atoms. The smallest absolute Gasteiger partial charge is 0.150 e. The Bertz CT molecular complexity index is 769. The third-order valence-corrected chi connectivity index (χ3v) is 3.72. The van der Waals surface area contributed by atoms with Gasteiger partial charge >= 0.3 is 0 Å². The van der Waals surface area contributed by atoms with Crippen LogP contribution >= 0.6 is 0 Å². The van der Waals surface area contributed by atoms with Gasteiger partial charge in [-0.1, -0.05) is 36.4 Å². The van der Waals surface area contributed by atoms with Crippen LogP contribution in [-0.2, 0) is 0 Å². The van der Waals surface area contributed by atoms with Crippen LogP contribution in [0.25, 0.3) is 21.5 Å². The monoisotopic (exact) mass is 234 g/mol. The van der Waals surface area contributed by atoms with Gasteiger partial charge in [-0.25, -0.2) is 0 Å². The van der Waals surface area contributed by atoms with Crippen molar-refractivity contribution >= 4 is 27.8 Å². The maximum atomic E-state index is 10.9. The van der Waals surface area contributed by atoms with Crippen LogP contribution in [0.1, 0.15) is 21.5 Å². The first-order valence-corrected chi connectivity index (χ1v) is 6.09. The summed E-state index contributed by atoms with van der Waals surface area (Å²) in [6, 6.07) is 14.3. The Hall–Kier alpha value is -2.15. The molecule has 0 N–H and O–H groups in total. The quantitative estimate of drug-likeness (QED) is 0.450. The molecule has 0 heterocycles. The lowest BCUT2D eigenvalue weighted by Crippen LogP contribution is -1.89. The van der Waals surface area contributed by atoms with Gasteiger partial charge in [0.2, 0.25) is 0 Å². The van der Waals surface area contributed by atoms with Gasteiger partial charge in [0.15, 0.2) is 0 Å². The van der Waals surface area contributed by atoms with Crippen LogP contribution in [-0.4, -0.2) is 6.29 Å². The number of aryl methyl sites for hydroxylation is 2. The predicted molar refractivity (Wildman–Crippen MR) is 76.3 cm³/mol. The molecule has 0 spiro atoms. The van der Waals surface area contributed by atoms with E-state index >= 15 is 0 Å². The highest BCUT2D eigenvalue weighted by Crippen LogP contribution is 2.32. The Labute approximate surface area is 106 Å². The Morgan fingerprint density at radius 3 is 1.94 bits per heavy atom. The SMILES string of the molecule is Cc1c2ccccc2c(C)c2cc(C=O)ccc12. The maximum absolute atomic E-state index is 10.9. The minimum Gasteiger partial charge on any atom is -0.298 e. The van der Waals surface area contributed by atoms with E-state index in [0.717, 1.165) is 11.8 Å². The van der Waals surface area contributed by atoms with E-state index < -0.39 is 0 Å². The summed E-state index contributed by atoms with van der Waals surface area (Å²) in [6.45, 7) is 4.27. The van der Waals surface area contributed by atoms with E-state index in [1.165, 1.54) is 32.7 Å². The number of benzene rings is 3. The van der Waals surface area contributed by atoms with Gasteiger partial charge in [0.05, 0.1) is 0 Å². The van der Waals surface area contributed by atoms with E-state index in [4.69, 9.17) is 0 Å². The van der Waals surface area contributed by atoms with Crippen LogP contribution in [0.2, 0.25) is 0 Å². The van der Waals surface area contributed by atoms with Crippen molar-refractivity contribution in [2.75, 3.05) is 0 Å². The predicted octanol–water partition coefficient (Wildman–Crippen LogP) is 4.42. The molecule has 0 amide bonds. The van der Waals surface area contributed by atoms with Crippen molar-refractivity contribution in [1.82, 2.24) is 0 Å². The Balaban J connectivity index is 2.58. The van der Waals surface area contributed by atoms with Gasteiger partial charge in [0, 0.05) is 5.56 Å². The Morgan fingerprint density at radius 2 is 1.33 bits per heavy atom. The van der Waals surface area contributed by atoms with Gasteiger partial charge in [-0.15, -0.1) is 0 Å². The molecule has 0 aromatic heterocycles. The van der Waals surface area contributed by atoms with Crippen LogP contribution < -0.4 is 0 Å². The van der Waals surface area contributed by atoms with Crippen molar-refractivity contribution < 1.29 is 4.79 Å². The molecule has 0 aliphatic carbocycles. The molecule has 0 atom stereocenters. The molecular weight excluding hydrogens is 220 g/mol. The van der Waals surface area contributed by atoms with Crippen LogP contribution in [0.5, 0.6) is 0 Å². The summed E-state index contributed by atoms with van der Waals surface area (Å²) in [5.74, 6) is 0. The van der Waals surface area contributed by atoms with Crippen LogP contribution in [0.4, 0.5) is 0 Å². The first-order valence-electron chi connectivity index (χ1n) is 6.09. The molecule has 0 aliphatic heterocycles. The maximum Gasteiger partial charge on any atom is 0.150 e.